The van der Waals surface area contributed by atoms with Crippen LogP contribution in [0.5, 0.6) is 0 Å². The first-order valence-corrected chi connectivity index (χ1v) is 5.46. The molecule has 0 aliphatic carbocycles. The van der Waals surface area contributed by atoms with Crippen LogP contribution in [-0.2, 0) is 7.05 Å². The molecule has 0 bridgehead atoms. The van der Waals surface area contributed by atoms with Gasteiger partial charge in [-0.2, -0.15) is 5.10 Å². The smallest absolute Gasteiger partial charge is 0.0635 e. The summed E-state index contributed by atoms with van der Waals surface area (Å²) in [6.45, 7) is 2.24. The first-order chi connectivity index (χ1) is 6.29. The summed E-state index contributed by atoms with van der Waals surface area (Å²) < 4.78 is 3.12. The zero-order valence-corrected chi connectivity index (χ0v) is 9.34. The molecule has 0 aromatic carbocycles. The Hall–Kier alpha value is -0.350. The minimum atomic E-state index is 0.621. The fourth-order valence-corrected chi connectivity index (χ4v) is 2.64. The van der Waals surface area contributed by atoms with Crippen molar-refractivity contribution in [2.24, 2.45) is 7.05 Å². The molecule has 1 aromatic heterocycles. The third kappa shape index (κ3) is 1.79. The fraction of sp³-hybridized carbons (Fsp3) is 0.667. The van der Waals surface area contributed by atoms with E-state index in [2.05, 4.69) is 26.3 Å². The number of aryl methyl sites for hydroxylation is 1. The normalized spacial score (nSPS) is 23.4. The highest BCUT2D eigenvalue weighted by Crippen LogP contribution is 2.28. The van der Waals surface area contributed by atoms with Gasteiger partial charge in [0.25, 0.3) is 0 Å². The molecule has 0 saturated carbocycles. The van der Waals surface area contributed by atoms with Crippen LogP contribution < -0.4 is 5.32 Å². The largest absolute Gasteiger partial charge is 0.316 e. The van der Waals surface area contributed by atoms with Crippen LogP contribution in [0.15, 0.2) is 10.7 Å². The minimum Gasteiger partial charge on any atom is -0.316 e. The Kier molecular flexibility index (Phi) is 2.69. The van der Waals surface area contributed by atoms with E-state index in [-0.39, 0.29) is 0 Å². The molecule has 1 N–H and O–H groups in total. The summed E-state index contributed by atoms with van der Waals surface area (Å²) in [6, 6.07) is 0. The number of hydrogen-bond acceptors (Lipinski definition) is 2. The summed E-state index contributed by atoms with van der Waals surface area (Å²) in [5.41, 5.74) is 1.33. The van der Waals surface area contributed by atoms with Crippen LogP contribution in [-0.4, -0.2) is 22.9 Å². The molecule has 1 saturated heterocycles. The number of nitrogens with one attached hydrogen (secondary N) is 1. The van der Waals surface area contributed by atoms with Crippen LogP contribution in [0.4, 0.5) is 0 Å². The van der Waals surface area contributed by atoms with Gasteiger partial charge >= 0.3 is 0 Å². The van der Waals surface area contributed by atoms with Gasteiger partial charge in [0.2, 0.25) is 0 Å². The summed E-state index contributed by atoms with van der Waals surface area (Å²) in [4.78, 5) is 0. The average Bonchev–Trinajstić information content (AvgIpc) is 2.48. The number of nitrogens with zero attached hydrogens (tertiary/aromatic N) is 2. The van der Waals surface area contributed by atoms with Crippen molar-refractivity contribution in [1.82, 2.24) is 15.1 Å². The van der Waals surface area contributed by atoms with Crippen molar-refractivity contribution in [2.45, 2.75) is 18.8 Å². The molecule has 3 nitrogen and oxygen atoms in total. The summed E-state index contributed by atoms with van der Waals surface area (Å²) in [6.07, 6.45) is 4.41. The lowest BCUT2D eigenvalue weighted by atomic mass is 9.96. The van der Waals surface area contributed by atoms with Crippen LogP contribution in [0.25, 0.3) is 0 Å². The maximum Gasteiger partial charge on any atom is 0.0635 e. The van der Waals surface area contributed by atoms with Crippen LogP contribution in [0.2, 0.25) is 0 Å². The van der Waals surface area contributed by atoms with Gasteiger partial charge in [-0.05, 0) is 35.3 Å². The van der Waals surface area contributed by atoms with E-state index < -0.39 is 0 Å². The Morgan fingerprint density at radius 1 is 1.69 bits per heavy atom. The van der Waals surface area contributed by atoms with Gasteiger partial charge in [-0.3, -0.25) is 4.68 Å². The average molecular weight is 244 g/mol. The highest BCUT2D eigenvalue weighted by Gasteiger charge is 2.20. The Morgan fingerprint density at radius 2 is 2.54 bits per heavy atom. The van der Waals surface area contributed by atoms with E-state index in [9.17, 15) is 0 Å². The minimum absolute atomic E-state index is 0.621. The second kappa shape index (κ2) is 3.80. The molecule has 0 amide bonds. The summed E-state index contributed by atoms with van der Waals surface area (Å²) in [5.74, 6) is 0.621. The zero-order chi connectivity index (χ0) is 9.26. The van der Waals surface area contributed by atoms with Gasteiger partial charge in [-0.25, -0.2) is 0 Å². The van der Waals surface area contributed by atoms with Crippen molar-refractivity contribution in [2.75, 3.05) is 13.1 Å². The lowest BCUT2D eigenvalue weighted by Gasteiger charge is -2.23. The predicted molar refractivity (Wildman–Crippen MR) is 55.8 cm³/mol. The van der Waals surface area contributed by atoms with Gasteiger partial charge in [0.15, 0.2) is 0 Å². The van der Waals surface area contributed by atoms with Crippen LogP contribution >= 0.6 is 15.9 Å². The summed E-state index contributed by atoms with van der Waals surface area (Å²) in [5, 5.41) is 7.65. The molecule has 1 unspecified atom stereocenters. The lowest BCUT2D eigenvalue weighted by molar-refractivity contribution is 0.440. The SMILES string of the molecule is Cn1ncc(Br)c1C1CCCNC1. The van der Waals surface area contributed by atoms with Gasteiger partial charge in [-0.15, -0.1) is 0 Å². The molecule has 0 radical (unpaired) electrons. The molecule has 1 aliphatic heterocycles. The van der Waals surface area contributed by atoms with Gasteiger partial charge in [0.1, 0.15) is 0 Å². The summed E-state index contributed by atoms with van der Waals surface area (Å²) >= 11 is 3.54. The first kappa shape index (κ1) is 9.21. The number of aromatic nitrogens is 2. The molecule has 1 atom stereocenters. The van der Waals surface area contributed by atoms with E-state index >= 15 is 0 Å². The van der Waals surface area contributed by atoms with Crippen molar-refractivity contribution < 1.29 is 0 Å². The zero-order valence-electron chi connectivity index (χ0n) is 7.76. The van der Waals surface area contributed by atoms with E-state index in [4.69, 9.17) is 0 Å². The topological polar surface area (TPSA) is 29.9 Å². The highest BCUT2D eigenvalue weighted by atomic mass is 79.9. The molecule has 1 fully saturated rings. The van der Waals surface area contributed by atoms with Crippen molar-refractivity contribution in [3.63, 3.8) is 0 Å². The van der Waals surface area contributed by atoms with Crippen molar-refractivity contribution in [3.8, 4) is 0 Å². The number of halogens is 1. The molecule has 2 heterocycles. The van der Waals surface area contributed by atoms with Crippen molar-refractivity contribution in [3.05, 3.63) is 16.4 Å². The van der Waals surface area contributed by atoms with E-state index in [0.717, 1.165) is 17.6 Å². The molecule has 0 spiro atoms. The number of hydrogen-bond donors (Lipinski definition) is 1. The lowest BCUT2D eigenvalue weighted by Crippen LogP contribution is -2.29. The Bertz CT molecular complexity index is 270. The fourth-order valence-electron chi connectivity index (χ4n) is 1.96. The monoisotopic (exact) mass is 243 g/mol. The van der Waals surface area contributed by atoms with E-state index in [1.165, 1.54) is 18.5 Å². The Morgan fingerprint density at radius 3 is 3.08 bits per heavy atom. The third-order valence-corrected chi connectivity index (χ3v) is 3.23. The molecular formula is C9H14BrN3. The predicted octanol–water partition coefficient (Wildman–Crippen LogP) is 1.65. The first-order valence-electron chi connectivity index (χ1n) is 4.67. The second-order valence-electron chi connectivity index (χ2n) is 3.54. The van der Waals surface area contributed by atoms with Gasteiger partial charge in [0, 0.05) is 19.5 Å². The second-order valence-corrected chi connectivity index (χ2v) is 4.40. The maximum atomic E-state index is 4.23. The molecule has 1 aliphatic rings. The Labute approximate surface area is 86.6 Å². The van der Waals surface area contributed by atoms with Crippen LogP contribution in [0.1, 0.15) is 24.5 Å². The molecule has 1 aromatic rings. The molecule has 4 heteroatoms. The molecular weight excluding hydrogens is 230 g/mol. The molecule has 13 heavy (non-hydrogen) atoms. The number of piperidine rings is 1. The van der Waals surface area contributed by atoms with Crippen molar-refractivity contribution in [1.29, 1.82) is 0 Å². The van der Waals surface area contributed by atoms with Crippen molar-refractivity contribution >= 4 is 15.9 Å². The van der Waals surface area contributed by atoms with E-state index in [1.807, 2.05) is 17.9 Å². The van der Waals surface area contributed by atoms with Crippen LogP contribution in [0.3, 0.4) is 0 Å². The van der Waals surface area contributed by atoms with E-state index in [1.54, 1.807) is 0 Å². The number of rotatable bonds is 1. The Balaban J connectivity index is 2.22. The third-order valence-electron chi connectivity index (χ3n) is 2.62. The quantitative estimate of drug-likeness (QED) is 0.814. The summed E-state index contributed by atoms with van der Waals surface area (Å²) in [7, 11) is 2.01. The van der Waals surface area contributed by atoms with Gasteiger partial charge in [0.05, 0.1) is 16.4 Å². The maximum absolute atomic E-state index is 4.23. The highest BCUT2D eigenvalue weighted by molar-refractivity contribution is 9.10. The standard InChI is InChI=1S/C9H14BrN3/c1-13-9(8(10)6-12-13)7-3-2-4-11-5-7/h6-7,11H,2-5H2,1H3. The van der Waals surface area contributed by atoms with Crippen LogP contribution in [0, 0.1) is 0 Å². The molecule has 2 rings (SSSR count). The molecule has 72 valence electrons. The van der Waals surface area contributed by atoms with Gasteiger partial charge in [-0.1, -0.05) is 0 Å². The van der Waals surface area contributed by atoms with Gasteiger partial charge < -0.3 is 5.32 Å². The van der Waals surface area contributed by atoms with E-state index in [0.29, 0.717) is 5.92 Å².